The molecule has 1 fully saturated rings. The van der Waals surface area contributed by atoms with Gasteiger partial charge in [-0.15, -0.1) is 0 Å². The molecule has 0 spiro atoms. The first-order valence-corrected chi connectivity index (χ1v) is 6.09. The maximum absolute atomic E-state index is 9.59. The van der Waals surface area contributed by atoms with Crippen LogP contribution in [0.4, 0.5) is 0 Å². The zero-order valence-electron chi connectivity index (χ0n) is 9.85. The zero-order valence-corrected chi connectivity index (χ0v) is 9.85. The van der Waals surface area contributed by atoms with Crippen LogP contribution in [0.1, 0.15) is 24.8 Å². The molecule has 1 aromatic carbocycles. The largest absolute Gasteiger partial charge is 0.504 e. The lowest BCUT2D eigenvalue weighted by molar-refractivity contribution is 0.104. The monoisotopic (exact) mass is 237 g/mol. The summed E-state index contributed by atoms with van der Waals surface area (Å²) in [5.74, 6) is -0.0967. The predicted octanol–water partition coefficient (Wildman–Crippen LogP) is 1.76. The lowest BCUT2D eigenvalue weighted by Crippen LogP contribution is -2.19. The lowest BCUT2D eigenvalue weighted by Gasteiger charge is -2.11. The summed E-state index contributed by atoms with van der Waals surface area (Å²) in [7, 11) is 0. The smallest absolute Gasteiger partial charge is 0.161 e. The predicted molar refractivity (Wildman–Crippen MR) is 65.1 cm³/mol. The zero-order chi connectivity index (χ0) is 12.1. The highest BCUT2D eigenvalue weighted by Crippen LogP contribution is 2.27. The molecule has 1 aliphatic heterocycles. The van der Waals surface area contributed by atoms with E-state index < -0.39 is 0 Å². The van der Waals surface area contributed by atoms with Crippen molar-refractivity contribution in [1.29, 1.82) is 0 Å². The van der Waals surface area contributed by atoms with E-state index in [2.05, 4.69) is 5.32 Å². The second-order valence-electron chi connectivity index (χ2n) is 4.39. The molecule has 1 heterocycles. The van der Waals surface area contributed by atoms with E-state index in [-0.39, 0.29) is 11.5 Å². The molecule has 0 radical (unpaired) electrons. The summed E-state index contributed by atoms with van der Waals surface area (Å²) >= 11 is 0. The number of rotatable bonds is 5. The molecule has 0 bridgehead atoms. The van der Waals surface area contributed by atoms with Gasteiger partial charge in [0.1, 0.15) is 0 Å². The third kappa shape index (κ3) is 3.35. The van der Waals surface area contributed by atoms with Gasteiger partial charge in [0.15, 0.2) is 11.5 Å². The molecule has 0 aliphatic carbocycles. The summed E-state index contributed by atoms with van der Waals surface area (Å²) in [6.07, 6.45) is 3.71. The summed E-state index contributed by atoms with van der Waals surface area (Å²) in [5.41, 5.74) is 0.720. The molecule has 4 heteroatoms. The second-order valence-corrected chi connectivity index (χ2v) is 4.39. The minimum atomic E-state index is -0.0663. The van der Waals surface area contributed by atoms with Gasteiger partial charge in [-0.1, -0.05) is 12.1 Å². The number of para-hydroxylation sites is 1. The van der Waals surface area contributed by atoms with Crippen LogP contribution in [0.15, 0.2) is 18.2 Å². The van der Waals surface area contributed by atoms with E-state index in [4.69, 9.17) is 4.74 Å². The first kappa shape index (κ1) is 12.2. The van der Waals surface area contributed by atoms with Crippen LogP contribution in [-0.4, -0.2) is 29.5 Å². The van der Waals surface area contributed by atoms with Crippen LogP contribution in [0.3, 0.4) is 0 Å². The minimum Gasteiger partial charge on any atom is -0.504 e. The number of benzene rings is 1. The summed E-state index contributed by atoms with van der Waals surface area (Å²) in [6, 6.07) is 5.01. The van der Waals surface area contributed by atoms with Crippen molar-refractivity contribution in [1.82, 2.24) is 5.32 Å². The molecular weight excluding hydrogens is 218 g/mol. The molecule has 2 rings (SSSR count). The summed E-state index contributed by atoms with van der Waals surface area (Å²) in [4.78, 5) is 0. The van der Waals surface area contributed by atoms with Crippen LogP contribution in [0, 0.1) is 0 Å². The Kier molecular flexibility index (Phi) is 4.23. The van der Waals surface area contributed by atoms with E-state index in [0.717, 1.165) is 38.0 Å². The molecule has 1 aromatic rings. The van der Waals surface area contributed by atoms with Gasteiger partial charge in [-0.05, 0) is 31.9 Å². The number of hydrogen-bond donors (Lipinski definition) is 3. The quantitative estimate of drug-likeness (QED) is 0.539. The summed E-state index contributed by atoms with van der Waals surface area (Å²) in [5, 5.41) is 22.2. The molecule has 0 aromatic heterocycles. The Hall–Kier alpha value is -1.26. The maximum atomic E-state index is 9.59. The molecule has 0 saturated carbocycles. The normalized spacial score (nSPS) is 19.6. The molecule has 1 aliphatic rings. The Bertz CT molecular complexity index is 362. The number of aromatic hydroxyl groups is 2. The van der Waals surface area contributed by atoms with Gasteiger partial charge in [-0.3, -0.25) is 0 Å². The SMILES string of the molecule is Oc1cccc(CNCCC2CCCO2)c1O. The molecule has 1 unspecified atom stereocenters. The van der Waals surface area contributed by atoms with Crippen molar-refractivity contribution in [2.75, 3.05) is 13.2 Å². The Morgan fingerprint density at radius 3 is 3.00 bits per heavy atom. The van der Waals surface area contributed by atoms with Gasteiger partial charge in [0, 0.05) is 18.7 Å². The van der Waals surface area contributed by atoms with Gasteiger partial charge in [-0.2, -0.15) is 0 Å². The van der Waals surface area contributed by atoms with Crippen LogP contribution < -0.4 is 5.32 Å². The van der Waals surface area contributed by atoms with E-state index in [1.807, 2.05) is 0 Å². The second kappa shape index (κ2) is 5.89. The number of phenols is 2. The highest BCUT2D eigenvalue weighted by atomic mass is 16.5. The Labute approximate surface area is 101 Å². The molecule has 1 saturated heterocycles. The summed E-state index contributed by atoms with van der Waals surface area (Å²) < 4.78 is 5.52. The first-order chi connectivity index (χ1) is 8.27. The Morgan fingerprint density at radius 1 is 1.35 bits per heavy atom. The van der Waals surface area contributed by atoms with E-state index in [9.17, 15) is 10.2 Å². The van der Waals surface area contributed by atoms with Crippen molar-refractivity contribution >= 4 is 0 Å². The van der Waals surface area contributed by atoms with Gasteiger partial charge < -0.3 is 20.3 Å². The number of phenolic OH excluding ortho intramolecular Hbond substituents is 2. The van der Waals surface area contributed by atoms with E-state index >= 15 is 0 Å². The molecule has 4 nitrogen and oxygen atoms in total. The first-order valence-electron chi connectivity index (χ1n) is 6.09. The average molecular weight is 237 g/mol. The van der Waals surface area contributed by atoms with E-state index in [1.165, 1.54) is 6.07 Å². The van der Waals surface area contributed by atoms with Crippen LogP contribution >= 0.6 is 0 Å². The number of nitrogens with one attached hydrogen (secondary N) is 1. The number of ether oxygens (including phenoxy) is 1. The standard InChI is InChI=1S/C13H19NO3/c15-12-5-1-3-10(13(12)16)9-14-7-6-11-4-2-8-17-11/h1,3,5,11,14-16H,2,4,6-9H2. The van der Waals surface area contributed by atoms with E-state index in [0.29, 0.717) is 12.6 Å². The van der Waals surface area contributed by atoms with E-state index in [1.54, 1.807) is 12.1 Å². The molecular formula is C13H19NO3. The highest BCUT2D eigenvalue weighted by molar-refractivity contribution is 5.44. The van der Waals surface area contributed by atoms with Crippen LogP contribution in [0.25, 0.3) is 0 Å². The molecule has 1 atom stereocenters. The van der Waals surface area contributed by atoms with Crippen LogP contribution in [-0.2, 0) is 11.3 Å². The average Bonchev–Trinajstić information content (AvgIpc) is 2.83. The topological polar surface area (TPSA) is 61.7 Å². The van der Waals surface area contributed by atoms with Crippen molar-refractivity contribution in [2.24, 2.45) is 0 Å². The van der Waals surface area contributed by atoms with Crippen molar-refractivity contribution < 1.29 is 14.9 Å². The maximum Gasteiger partial charge on any atom is 0.161 e. The number of hydrogen-bond acceptors (Lipinski definition) is 4. The van der Waals surface area contributed by atoms with Crippen LogP contribution in [0.5, 0.6) is 11.5 Å². The Balaban J connectivity index is 1.72. The third-order valence-electron chi connectivity index (χ3n) is 3.08. The van der Waals surface area contributed by atoms with Crippen molar-refractivity contribution in [2.45, 2.75) is 31.9 Å². The molecule has 17 heavy (non-hydrogen) atoms. The van der Waals surface area contributed by atoms with Crippen molar-refractivity contribution in [3.05, 3.63) is 23.8 Å². The highest BCUT2D eigenvalue weighted by Gasteiger charge is 2.14. The molecule has 3 N–H and O–H groups in total. The molecule has 0 amide bonds. The minimum absolute atomic E-state index is 0.0304. The van der Waals surface area contributed by atoms with Gasteiger partial charge in [0.05, 0.1) is 6.10 Å². The van der Waals surface area contributed by atoms with Gasteiger partial charge in [0.2, 0.25) is 0 Å². The summed E-state index contributed by atoms with van der Waals surface area (Å²) in [6.45, 7) is 2.31. The van der Waals surface area contributed by atoms with Gasteiger partial charge in [0.25, 0.3) is 0 Å². The van der Waals surface area contributed by atoms with Crippen molar-refractivity contribution in [3.8, 4) is 11.5 Å². The van der Waals surface area contributed by atoms with Crippen molar-refractivity contribution in [3.63, 3.8) is 0 Å². The fraction of sp³-hybridized carbons (Fsp3) is 0.538. The fourth-order valence-electron chi connectivity index (χ4n) is 2.08. The Morgan fingerprint density at radius 2 is 2.24 bits per heavy atom. The van der Waals surface area contributed by atoms with Crippen LogP contribution in [0.2, 0.25) is 0 Å². The third-order valence-corrected chi connectivity index (χ3v) is 3.08. The molecule has 94 valence electrons. The fourth-order valence-corrected chi connectivity index (χ4v) is 2.08. The van der Waals surface area contributed by atoms with Gasteiger partial charge >= 0.3 is 0 Å². The van der Waals surface area contributed by atoms with Gasteiger partial charge in [-0.25, -0.2) is 0 Å². The lowest BCUT2D eigenvalue weighted by atomic mass is 10.1.